The lowest BCUT2D eigenvalue weighted by atomic mass is 9.97. The molecule has 2 heterocycles. The standard InChI is InChI=1S/C19H25N3O4S/c1-27(24,25)22-12-8-16(9-13-22)19(23)21-11-4-14-26-17-7-2-5-15-6-3-10-20-18(15)17/h2-3,5-7,10,16H,4,8-9,11-14H2,1H3,(H,21,23). The fourth-order valence-electron chi connectivity index (χ4n) is 3.25. The Morgan fingerprint density at radius 2 is 2.00 bits per heavy atom. The van der Waals surface area contributed by atoms with E-state index in [2.05, 4.69) is 10.3 Å². The number of nitrogens with zero attached hydrogens (tertiary/aromatic N) is 2. The van der Waals surface area contributed by atoms with Crippen molar-refractivity contribution in [1.29, 1.82) is 0 Å². The van der Waals surface area contributed by atoms with Crippen LogP contribution in [0.3, 0.4) is 0 Å². The molecule has 2 aromatic rings. The molecule has 0 unspecified atom stereocenters. The Morgan fingerprint density at radius 1 is 1.26 bits per heavy atom. The van der Waals surface area contributed by atoms with E-state index in [1.165, 1.54) is 10.6 Å². The minimum Gasteiger partial charge on any atom is -0.491 e. The van der Waals surface area contributed by atoms with E-state index in [1.54, 1.807) is 6.20 Å². The summed E-state index contributed by atoms with van der Waals surface area (Å²) in [5.74, 6) is 0.619. The number of piperidine rings is 1. The van der Waals surface area contributed by atoms with Crippen LogP contribution in [0.25, 0.3) is 10.9 Å². The molecule has 1 aromatic heterocycles. The van der Waals surface area contributed by atoms with Crippen LogP contribution in [0.4, 0.5) is 0 Å². The minimum absolute atomic E-state index is 0.00465. The Hall–Kier alpha value is -2.19. The maximum atomic E-state index is 12.2. The summed E-state index contributed by atoms with van der Waals surface area (Å²) in [6.45, 7) is 1.84. The van der Waals surface area contributed by atoms with Gasteiger partial charge in [-0.1, -0.05) is 18.2 Å². The number of aromatic nitrogens is 1. The average Bonchev–Trinajstić information content (AvgIpc) is 2.67. The van der Waals surface area contributed by atoms with E-state index in [0.29, 0.717) is 45.5 Å². The minimum atomic E-state index is -3.16. The fraction of sp³-hybridized carbons (Fsp3) is 0.474. The van der Waals surface area contributed by atoms with Crippen LogP contribution >= 0.6 is 0 Å². The zero-order valence-electron chi connectivity index (χ0n) is 15.4. The zero-order valence-corrected chi connectivity index (χ0v) is 16.2. The van der Waals surface area contributed by atoms with Crippen LogP contribution in [0, 0.1) is 5.92 Å². The van der Waals surface area contributed by atoms with E-state index in [9.17, 15) is 13.2 Å². The van der Waals surface area contributed by atoms with Crippen molar-refractivity contribution in [3.63, 3.8) is 0 Å². The maximum Gasteiger partial charge on any atom is 0.223 e. The molecule has 7 nitrogen and oxygen atoms in total. The molecule has 1 amide bonds. The number of rotatable bonds is 7. The van der Waals surface area contributed by atoms with E-state index in [1.807, 2.05) is 30.3 Å². The number of sulfonamides is 1. The number of carbonyl (C=O) groups is 1. The molecule has 1 aliphatic heterocycles. The number of nitrogens with one attached hydrogen (secondary N) is 1. The van der Waals surface area contributed by atoms with Crippen molar-refractivity contribution in [2.45, 2.75) is 19.3 Å². The number of para-hydroxylation sites is 1. The molecule has 1 N–H and O–H groups in total. The Bertz CT molecular complexity index is 887. The van der Waals surface area contributed by atoms with Gasteiger partial charge in [-0.05, 0) is 31.4 Å². The molecule has 0 aliphatic carbocycles. The summed E-state index contributed by atoms with van der Waals surface area (Å²) < 4.78 is 30.3. The van der Waals surface area contributed by atoms with Crippen LogP contribution in [0.15, 0.2) is 36.5 Å². The number of pyridine rings is 1. The topological polar surface area (TPSA) is 88.6 Å². The summed E-state index contributed by atoms with van der Waals surface area (Å²) in [5.41, 5.74) is 0.835. The van der Waals surface area contributed by atoms with Gasteiger partial charge in [0.25, 0.3) is 0 Å². The lowest BCUT2D eigenvalue weighted by Gasteiger charge is -2.29. The van der Waals surface area contributed by atoms with Crippen LogP contribution in [0.2, 0.25) is 0 Å². The van der Waals surface area contributed by atoms with Crippen molar-refractivity contribution in [2.75, 3.05) is 32.5 Å². The summed E-state index contributed by atoms with van der Waals surface area (Å²) >= 11 is 0. The smallest absolute Gasteiger partial charge is 0.223 e. The molecule has 0 spiro atoms. The van der Waals surface area contributed by atoms with Crippen LogP contribution in [0.5, 0.6) is 5.75 Å². The van der Waals surface area contributed by atoms with Gasteiger partial charge in [-0.25, -0.2) is 12.7 Å². The van der Waals surface area contributed by atoms with Crippen molar-refractivity contribution in [2.24, 2.45) is 5.92 Å². The van der Waals surface area contributed by atoms with Gasteiger partial charge in [0, 0.05) is 37.1 Å². The van der Waals surface area contributed by atoms with Gasteiger partial charge in [0.05, 0.1) is 12.9 Å². The first-order chi connectivity index (χ1) is 12.9. The summed E-state index contributed by atoms with van der Waals surface area (Å²) in [6.07, 6.45) is 4.77. The molecule has 3 rings (SSSR count). The van der Waals surface area contributed by atoms with Crippen LogP contribution < -0.4 is 10.1 Å². The number of fused-ring (bicyclic) bond motifs is 1. The van der Waals surface area contributed by atoms with Gasteiger partial charge in [0.1, 0.15) is 11.3 Å². The molecule has 1 saturated heterocycles. The van der Waals surface area contributed by atoms with Gasteiger partial charge < -0.3 is 10.1 Å². The summed E-state index contributed by atoms with van der Waals surface area (Å²) in [5, 5.41) is 3.96. The highest BCUT2D eigenvalue weighted by Crippen LogP contribution is 2.23. The number of benzene rings is 1. The summed E-state index contributed by atoms with van der Waals surface area (Å²) in [7, 11) is -3.16. The summed E-state index contributed by atoms with van der Waals surface area (Å²) in [6, 6.07) is 9.70. The Balaban J connectivity index is 1.38. The highest BCUT2D eigenvalue weighted by atomic mass is 32.2. The second-order valence-corrected chi connectivity index (χ2v) is 8.74. The van der Waals surface area contributed by atoms with Crippen LogP contribution in [0.1, 0.15) is 19.3 Å². The van der Waals surface area contributed by atoms with E-state index in [0.717, 1.165) is 16.7 Å². The molecule has 1 aromatic carbocycles. The number of hydrogen-bond donors (Lipinski definition) is 1. The van der Waals surface area contributed by atoms with Crippen molar-refractivity contribution in [3.05, 3.63) is 36.5 Å². The number of carbonyl (C=O) groups excluding carboxylic acids is 1. The van der Waals surface area contributed by atoms with Crippen LogP contribution in [-0.4, -0.2) is 56.1 Å². The first kappa shape index (κ1) is 19.6. The Kier molecular flexibility index (Phi) is 6.28. The van der Waals surface area contributed by atoms with E-state index in [-0.39, 0.29) is 11.8 Å². The molecule has 0 atom stereocenters. The molecule has 27 heavy (non-hydrogen) atoms. The predicted octanol–water partition coefficient (Wildman–Crippen LogP) is 1.79. The van der Waals surface area contributed by atoms with Gasteiger partial charge in [0.15, 0.2) is 0 Å². The largest absolute Gasteiger partial charge is 0.491 e. The van der Waals surface area contributed by atoms with Gasteiger partial charge in [-0.2, -0.15) is 0 Å². The predicted molar refractivity (Wildman–Crippen MR) is 104 cm³/mol. The maximum absolute atomic E-state index is 12.2. The molecular formula is C19H25N3O4S. The first-order valence-electron chi connectivity index (χ1n) is 9.14. The van der Waals surface area contributed by atoms with Gasteiger partial charge >= 0.3 is 0 Å². The van der Waals surface area contributed by atoms with Crippen molar-refractivity contribution in [1.82, 2.24) is 14.6 Å². The molecule has 1 fully saturated rings. The highest BCUT2D eigenvalue weighted by Gasteiger charge is 2.28. The van der Waals surface area contributed by atoms with Crippen molar-refractivity contribution in [3.8, 4) is 5.75 Å². The van der Waals surface area contributed by atoms with Gasteiger partial charge in [0.2, 0.25) is 15.9 Å². The molecule has 146 valence electrons. The third-order valence-electron chi connectivity index (χ3n) is 4.77. The van der Waals surface area contributed by atoms with Crippen molar-refractivity contribution < 1.29 is 17.9 Å². The summed E-state index contributed by atoms with van der Waals surface area (Å²) in [4.78, 5) is 16.6. The fourth-order valence-corrected chi connectivity index (χ4v) is 4.13. The van der Waals surface area contributed by atoms with Crippen LogP contribution in [-0.2, 0) is 14.8 Å². The van der Waals surface area contributed by atoms with E-state index in [4.69, 9.17) is 4.74 Å². The molecule has 0 saturated carbocycles. The van der Waals surface area contributed by atoms with E-state index < -0.39 is 10.0 Å². The monoisotopic (exact) mass is 391 g/mol. The number of hydrogen-bond acceptors (Lipinski definition) is 5. The van der Waals surface area contributed by atoms with Gasteiger partial charge in [-0.15, -0.1) is 0 Å². The number of amides is 1. The third-order valence-corrected chi connectivity index (χ3v) is 6.07. The zero-order chi connectivity index (χ0) is 19.3. The quantitative estimate of drug-likeness (QED) is 0.727. The van der Waals surface area contributed by atoms with E-state index >= 15 is 0 Å². The second-order valence-electron chi connectivity index (χ2n) is 6.76. The number of ether oxygens (including phenoxy) is 1. The van der Waals surface area contributed by atoms with Gasteiger partial charge in [-0.3, -0.25) is 9.78 Å². The molecule has 0 bridgehead atoms. The molecule has 0 radical (unpaired) electrons. The third kappa shape index (κ3) is 5.17. The molecule has 1 aliphatic rings. The normalized spacial score (nSPS) is 16.3. The first-order valence-corrected chi connectivity index (χ1v) is 11.0. The molecule has 8 heteroatoms. The second kappa shape index (κ2) is 8.67. The average molecular weight is 391 g/mol. The molecular weight excluding hydrogens is 366 g/mol. The van der Waals surface area contributed by atoms with Crippen molar-refractivity contribution >= 4 is 26.8 Å². The highest BCUT2D eigenvalue weighted by molar-refractivity contribution is 7.88. The Morgan fingerprint density at radius 3 is 2.74 bits per heavy atom. The Labute approximate surface area is 159 Å². The lowest BCUT2D eigenvalue weighted by Crippen LogP contribution is -2.42. The lowest BCUT2D eigenvalue weighted by molar-refractivity contribution is -0.126. The SMILES string of the molecule is CS(=O)(=O)N1CCC(C(=O)NCCCOc2cccc3cccnc23)CC1.